The van der Waals surface area contributed by atoms with Crippen molar-refractivity contribution < 1.29 is 29.0 Å². The van der Waals surface area contributed by atoms with E-state index in [0.717, 1.165) is 18.4 Å². The van der Waals surface area contributed by atoms with E-state index in [4.69, 9.17) is 14.7 Å². The van der Waals surface area contributed by atoms with E-state index in [1.807, 2.05) is 17.0 Å². The minimum Gasteiger partial charge on any atom is -0.504 e. The molecule has 0 aliphatic carbocycles. The van der Waals surface area contributed by atoms with Crippen LogP contribution >= 0.6 is 0 Å². The van der Waals surface area contributed by atoms with Crippen molar-refractivity contribution in [3.63, 3.8) is 0 Å². The van der Waals surface area contributed by atoms with E-state index in [9.17, 15) is 24.8 Å². The van der Waals surface area contributed by atoms with Gasteiger partial charge in [-0.1, -0.05) is 18.2 Å². The van der Waals surface area contributed by atoms with Crippen molar-refractivity contribution in [1.82, 2.24) is 20.8 Å². The molecule has 1 aliphatic heterocycles. The maximum Gasteiger partial charge on any atom is 0.281 e. The number of piperidine rings is 1. The zero-order valence-corrected chi connectivity index (χ0v) is 24.8. The average molecular weight is 624 g/mol. The lowest BCUT2D eigenvalue weighted by Gasteiger charge is -2.34. The minimum absolute atomic E-state index is 0.0961. The van der Waals surface area contributed by atoms with Crippen molar-refractivity contribution in [3.8, 4) is 51.8 Å². The normalized spacial score (nSPS) is 13.0. The number of nitriles is 2. The van der Waals surface area contributed by atoms with Crippen molar-refractivity contribution in [2.45, 2.75) is 25.4 Å². The first-order valence-corrected chi connectivity index (χ1v) is 14.3. The highest BCUT2D eigenvalue weighted by Gasteiger charge is 2.26. The van der Waals surface area contributed by atoms with Gasteiger partial charge in [0.05, 0.1) is 12.7 Å². The number of carbonyl (C=O) groups is 1. The number of ether oxygens (including phenoxy) is 2. The number of nitrogens with one attached hydrogen (secondary N) is 2. The summed E-state index contributed by atoms with van der Waals surface area (Å²) in [6, 6.07) is 16.8. The molecular formula is C33H30FN7O5. The predicted octanol–water partition coefficient (Wildman–Crippen LogP) is 4.05. The highest BCUT2D eigenvalue weighted by molar-refractivity contribution is 5.90. The fraction of sp³-hybridized carbons (Fsp3) is 0.242. The summed E-state index contributed by atoms with van der Waals surface area (Å²) in [5, 5.41) is 42.2. The molecule has 0 atom stereocenters. The van der Waals surface area contributed by atoms with Gasteiger partial charge in [-0.25, -0.2) is 19.8 Å². The maximum absolute atomic E-state index is 14.8. The third kappa shape index (κ3) is 6.97. The average Bonchev–Trinajstić information content (AvgIpc) is 3.09. The molecule has 2 aromatic heterocycles. The molecule has 5 rings (SSSR count). The number of phenols is 1. The van der Waals surface area contributed by atoms with Gasteiger partial charge in [0.15, 0.2) is 18.1 Å². The Labute approximate surface area is 264 Å². The summed E-state index contributed by atoms with van der Waals surface area (Å²) in [7, 11) is 1.44. The Kier molecular flexibility index (Phi) is 9.87. The fourth-order valence-corrected chi connectivity index (χ4v) is 5.31. The van der Waals surface area contributed by atoms with E-state index in [-0.39, 0.29) is 41.2 Å². The maximum atomic E-state index is 14.8. The number of methoxy groups -OCH3 is 1. The van der Waals surface area contributed by atoms with Gasteiger partial charge in [-0.05, 0) is 53.8 Å². The number of hydrogen-bond acceptors (Lipinski definition) is 11. The lowest BCUT2D eigenvalue weighted by Crippen LogP contribution is -2.42. The number of pyridine rings is 2. The number of phenolic OH excluding ortho intramolecular Hbond substituents is 1. The van der Waals surface area contributed by atoms with E-state index < -0.39 is 11.7 Å². The number of nitrogens with zero attached hydrogens (tertiary/aromatic N) is 5. The predicted molar refractivity (Wildman–Crippen MR) is 164 cm³/mol. The third-order valence-electron chi connectivity index (χ3n) is 7.70. The fourth-order valence-electron chi connectivity index (χ4n) is 5.31. The van der Waals surface area contributed by atoms with Crippen LogP contribution in [0, 0.1) is 28.5 Å². The van der Waals surface area contributed by atoms with Crippen LogP contribution in [0.25, 0.3) is 22.3 Å². The molecule has 1 aliphatic rings. The summed E-state index contributed by atoms with van der Waals surface area (Å²) in [6.07, 6.45) is 4.80. The molecule has 13 heteroatoms. The summed E-state index contributed by atoms with van der Waals surface area (Å²) < 4.78 is 25.2. The lowest BCUT2D eigenvalue weighted by atomic mass is 9.91. The first kappa shape index (κ1) is 31.7. The number of benzene rings is 2. The van der Waals surface area contributed by atoms with Gasteiger partial charge in [-0.2, -0.15) is 10.5 Å². The second-order valence-electron chi connectivity index (χ2n) is 10.5. The van der Waals surface area contributed by atoms with Gasteiger partial charge < -0.3 is 24.8 Å². The Bertz CT molecular complexity index is 1810. The Balaban J connectivity index is 1.35. The highest BCUT2D eigenvalue weighted by atomic mass is 19.1. The van der Waals surface area contributed by atoms with Crippen molar-refractivity contribution in [2.24, 2.45) is 0 Å². The molecular weight excluding hydrogens is 593 g/mol. The number of anilines is 1. The van der Waals surface area contributed by atoms with Crippen LogP contribution in [0.15, 0.2) is 60.9 Å². The smallest absolute Gasteiger partial charge is 0.281 e. The molecule has 0 spiro atoms. The summed E-state index contributed by atoms with van der Waals surface area (Å²) in [5.41, 5.74) is 4.48. The van der Waals surface area contributed by atoms with Crippen molar-refractivity contribution in [2.75, 3.05) is 31.7 Å². The van der Waals surface area contributed by atoms with Gasteiger partial charge >= 0.3 is 0 Å². The SMILES string of the molecule is COc1ccc(-c2cnc(N3CCC(NCc4ccc(OCC(=O)NO)nc4)CC3)c(C#N)c2-c2ccc(C#N)c(F)c2)cc1O. The third-order valence-corrected chi connectivity index (χ3v) is 7.70. The largest absolute Gasteiger partial charge is 0.504 e. The standard InChI is InChI=1S/C33H30FN7O5/c1-45-29-6-5-21(13-28(29)42)26-18-39-33(25(15-36)32(26)22-3-4-23(14-35)27(34)12-22)41-10-8-24(9-11-41)37-16-20-2-7-31(38-17-20)46-19-30(43)40-44/h2-7,12-13,17-18,24,37,42,44H,8-11,16,19H2,1H3,(H,40,43). The molecule has 46 heavy (non-hydrogen) atoms. The van der Waals surface area contributed by atoms with Crippen molar-refractivity contribution in [3.05, 3.63) is 83.4 Å². The number of halogens is 1. The second-order valence-corrected chi connectivity index (χ2v) is 10.5. The summed E-state index contributed by atoms with van der Waals surface area (Å²) in [5.74, 6) is -0.464. The number of amides is 1. The number of aromatic nitrogens is 2. The van der Waals surface area contributed by atoms with Gasteiger partial charge in [0, 0.05) is 55.3 Å². The molecule has 0 saturated carbocycles. The number of carbonyl (C=O) groups excluding carboxylic acids is 1. The van der Waals surface area contributed by atoms with Gasteiger partial charge in [0.1, 0.15) is 29.3 Å². The van der Waals surface area contributed by atoms with E-state index in [2.05, 4.69) is 21.4 Å². The van der Waals surface area contributed by atoms with Crippen LogP contribution in [0.2, 0.25) is 0 Å². The summed E-state index contributed by atoms with van der Waals surface area (Å²) in [6.45, 7) is 1.44. The molecule has 0 radical (unpaired) electrons. The molecule has 234 valence electrons. The van der Waals surface area contributed by atoms with Crippen LogP contribution in [0.1, 0.15) is 29.5 Å². The first-order chi connectivity index (χ1) is 22.3. The number of hydrogen-bond donors (Lipinski definition) is 4. The quantitative estimate of drug-likeness (QED) is 0.148. The van der Waals surface area contributed by atoms with Crippen molar-refractivity contribution >= 4 is 11.7 Å². The van der Waals surface area contributed by atoms with Gasteiger partial charge in [0.25, 0.3) is 5.91 Å². The van der Waals surface area contributed by atoms with Crippen molar-refractivity contribution in [1.29, 1.82) is 10.5 Å². The van der Waals surface area contributed by atoms with Crippen LogP contribution in [0.5, 0.6) is 17.4 Å². The topological polar surface area (TPSA) is 177 Å². The molecule has 0 unspecified atom stereocenters. The zero-order chi connectivity index (χ0) is 32.6. The first-order valence-electron chi connectivity index (χ1n) is 14.3. The lowest BCUT2D eigenvalue weighted by molar-refractivity contribution is -0.131. The van der Waals surface area contributed by atoms with E-state index in [0.29, 0.717) is 47.7 Å². The van der Waals surface area contributed by atoms with Crippen LogP contribution in [-0.4, -0.2) is 59.0 Å². The molecule has 4 N–H and O–H groups in total. The molecule has 1 saturated heterocycles. The molecule has 0 bridgehead atoms. The summed E-state index contributed by atoms with van der Waals surface area (Å²) in [4.78, 5) is 22.0. The number of rotatable bonds is 10. The minimum atomic E-state index is -0.705. The summed E-state index contributed by atoms with van der Waals surface area (Å²) >= 11 is 0. The van der Waals surface area contributed by atoms with Gasteiger partial charge in [-0.15, -0.1) is 0 Å². The molecule has 12 nitrogen and oxygen atoms in total. The molecule has 1 fully saturated rings. The zero-order valence-electron chi connectivity index (χ0n) is 24.8. The van der Waals surface area contributed by atoms with Crippen LogP contribution in [-0.2, 0) is 11.3 Å². The number of aromatic hydroxyl groups is 1. The van der Waals surface area contributed by atoms with Gasteiger partial charge in [0.2, 0.25) is 5.88 Å². The van der Waals surface area contributed by atoms with Crippen LogP contribution in [0.4, 0.5) is 10.2 Å². The molecule has 4 aromatic rings. The Morgan fingerprint density at radius 1 is 1.07 bits per heavy atom. The highest BCUT2D eigenvalue weighted by Crippen LogP contribution is 2.41. The number of hydroxylamine groups is 1. The Hall–Kier alpha value is -5.76. The molecule has 3 heterocycles. The van der Waals surface area contributed by atoms with Crippen LogP contribution in [0.3, 0.4) is 0 Å². The van der Waals surface area contributed by atoms with E-state index in [1.165, 1.54) is 30.8 Å². The van der Waals surface area contributed by atoms with Gasteiger partial charge in [-0.3, -0.25) is 10.0 Å². The molecule has 2 aromatic carbocycles. The second kappa shape index (κ2) is 14.3. The molecule has 1 amide bonds. The monoisotopic (exact) mass is 623 g/mol. The van der Waals surface area contributed by atoms with E-state index in [1.54, 1.807) is 36.7 Å². The van der Waals surface area contributed by atoms with E-state index >= 15 is 0 Å². The Morgan fingerprint density at radius 3 is 2.48 bits per heavy atom. The van der Waals surface area contributed by atoms with Crippen LogP contribution < -0.4 is 25.2 Å². The Morgan fingerprint density at radius 2 is 1.85 bits per heavy atom.